The molecule has 1 aromatic carbocycles. The number of piperidine rings is 1. The fraction of sp³-hybridized carbons (Fsp3) is 0.467. The highest BCUT2D eigenvalue weighted by molar-refractivity contribution is 6.43. The van der Waals surface area contributed by atoms with E-state index in [0.717, 1.165) is 12.8 Å². The number of hydrogen-bond donors (Lipinski definition) is 2. The van der Waals surface area contributed by atoms with Crippen LogP contribution in [-0.2, 0) is 4.79 Å². The van der Waals surface area contributed by atoms with Gasteiger partial charge in [0.05, 0.1) is 15.6 Å². The first-order valence-electron chi connectivity index (χ1n) is 7.19. The maximum absolute atomic E-state index is 12.3. The monoisotopic (exact) mass is 379 g/mol. The molecular weight excluding hydrogens is 361 g/mol. The maximum Gasteiger partial charge on any atom is 0.253 e. The van der Waals surface area contributed by atoms with Gasteiger partial charge in [-0.05, 0) is 31.9 Å². The Morgan fingerprint density at radius 1 is 1.30 bits per heavy atom. The Kier molecular flexibility index (Phi) is 7.61. The van der Waals surface area contributed by atoms with Crippen molar-refractivity contribution in [1.29, 1.82) is 0 Å². The van der Waals surface area contributed by atoms with Gasteiger partial charge in [0.1, 0.15) is 6.04 Å². The van der Waals surface area contributed by atoms with Crippen LogP contribution in [0.3, 0.4) is 0 Å². The number of likely N-dealkylation sites (tertiary alicyclic amines) is 1. The second kappa shape index (κ2) is 8.73. The average Bonchev–Trinajstić information content (AvgIpc) is 2.50. The van der Waals surface area contributed by atoms with Crippen LogP contribution in [0.2, 0.25) is 10.0 Å². The molecule has 0 saturated carbocycles. The van der Waals surface area contributed by atoms with E-state index in [4.69, 9.17) is 28.9 Å². The minimum absolute atomic E-state index is 0. The topological polar surface area (TPSA) is 75.4 Å². The highest BCUT2D eigenvalue weighted by atomic mass is 35.5. The van der Waals surface area contributed by atoms with Crippen molar-refractivity contribution in [2.75, 3.05) is 13.1 Å². The molecule has 1 unspecified atom stereocenters. The number of amides is 2. The van der Waals surface area contributed by atoms with Crippen molar-refractivity contribution >= 4 is 47.4 Å². The summed E-state index contributed by atoms with van der Waals surface area (Å²) in [4.78, 5) is 26.3. The van der Waals surface area contributed by atoms with Crippen LogP contribution in [0.1, 0.15) is 30.1 Å². The number of nitrogens with zero attached hydrogens (tertiary/aromatic N) is 1. The fourth-order valence-corrected chi connectivity index (χ4v) is 2.80. The molecule has 23 heavy (non-hydrogen) atoms. The van der Waals surface area contributed by atoms with Gasteiger partial charge < -0.3 is 16.0 Å². The molecule has 1 heterocycles. The first kappa shape index (κ1) is 20.0. The van der Waals surface area contributed by atoms with E-state index < -0.39 is 11.9 Å². The molecule has 3 N–H and O–H groups in total. The van der Waals surface area contributed by atoms with Crippen LogP contribution in [0.5, 0.6) is 0 Å². The fourth-order valence-electron chi connectivity index (χ4n) is 2.41. The number of benzene rings is 1. The summed E-state index contributed by atoms with van der Waals surface area (Å²) in [5, 5.41) is 3.16. The summed E-state index contributed by atoms with van der Waals surface area (Å²) in [6, 6.07) is 4.34. The molecule has 2 rings (SSSR count). The average molecular weight is 381 g/mol. The number of rotatable bonds is 3. The number of carbonyl (C=O) groups is 2. The lowest BCUT2D eigenvalue weighted by atomic mass is 10.1. The van der Waals surface area contributed by atoms with Crippen LogP contribution in [0, 0.1) is 0 Å². The van der Waals surface area contributed by atoms with Crippen LogP contribution in [-0.4, -0.2) is 41.9 Å². The number of nitrogens with one attached hydrogen (secondary N) is 1. The summed E-state index contributed by atoms with van der Waals surface area (Å²) in [7, 11) is 0. The molecule has 1 aliphatic rings. The van der Waals surface area contributed by atoms with Gasteiger partial charge in [0, 0.05) is 19.1 Å². The van der Waals surface area contributed by atoms with Gasteiger partial charge in [-0.3, -0.25) is 9.59 Å². The summed E-state index contributed by atoms with van der Waals surface area (Å²) in [6.45, 7) is 2.91. The van der Waals surface area contributed by atoms with Gasteiger partial charge in [0.2, 0.25) is 5.91 Å². The molecule has 128 valence electrons. The zero-order valence-electron chi connectivity index (χ0n) is 12.7. The predicted octanol–water partition coefficient (Wildman–Crippen LogP) is 2.48. The van der Waals surface area contributed by atoms with Crippen LogP contribution in [0.4, 0.5) is 0 Å². The van der Waals surface area contributed by atoms with Crippen LogP contribution >= 0.6 is 35.6 Å². The molecule has 1 aliphatic heterocycles. The lowest BCUT2D eigenvalue weighted by Crippen LogP contribution is -2.50. The van der Waals surface area contributed by atoms with Crippen molar-refractivity contribution < 1.29 is 9.59 Å². The van der Waals surface area contributed by atoms with Gasteiger partial charge in [0.25, 0.3) is 5.91 Å². The van der Waals surface area contributed by atoms with Gasteiger partial charge in [0.15, 0.2) is 0 Å². The third-order valence-corrected chi connectivity index (χ3v) is 4.58. The van der Waals surface area contributed by atoms with Crippen molar-refractivity contribution in [2.45, 2.75) is 31.8 Å². The summed E-state index contributed by atoms with van der Waals surface area (Å²) in [5.41, 5.74) is 6.08. The van der Waals surface area contributed by atoms with Crippen molar-refractivity contribution in [1.82, 2.24) is 10.2 Å². The van der Waals surface area contributed by atoms with Crippen molar-refractivity contribution in [2.24, 2.45) is 5.73 Å². The van der Waals surface area contributed by atoms with E-state index in [1.165, 1.54) is 0 Å². The summed E-state index contributed by atoms with van der Waals surface area (Å²) < 4.78 is 0. The molecule has 8 heteroatoms. The van der Waals surface area contributed by atoms with Gasteiger partial charge >= 0.3 is 0 Å². The standard InChI is InChI=1S/C15H19Cl2N3O2.ClH/c1-9(15(22)20-7-5-10(18)6-8-20)19-14(21)11-3-2-4-12(16)13(11)17;/h2-4,9-10H,5-8,18H2,1H3,(H,19,21);1H. The number of carbonyl (C=O) groups excluding carboxylic acids is 2. The largest absolute Gasteiger partial charge is 0.341 e. The van der Waals surface area contributed by atoms with Gasteiger partial charge in [-0.15, -0.1) is 12.4 Å². The summed E-state index contributed by atoms with van der Waals surface area (Å²) in [5.74, 6) is -0.527. The molecule has 0 bridgehead atoms. The molecule has 1 saturated heterocycles. The molecule has 1 atom stereocenters. The number of hydrogen-bond acceptors (Lipinski definition) is 3. The van der Waals surface area contributed by atoms with Crippen molar-refractivity contribution in [3.05, 3.63) is 33.8 Å². The summed E-state index contributed by atoms with van der Waals surface area (Å²) in [6.07, 6.45) is 1.57. The minimum atomic E-state index is -0.628. The Bertz CT molecular complexity index is 575. The lowest BCUT2D eigenvalue weighted by molar-refractivity contribution is -0.133. The minimum Gasteiger partial charge on any atom is -0.341 e. The van der Waals surface area contributed by atoms with E-state index in [-0.39, 0.29) is 34.9 Å². The van der Waals surface area contributed by atoms with Crippen LogP contribution in [0.15, 0.2) is 18.2 Å². The second-order valence-corrected chi connectivity index (χ2v) is 6.24. The third kappa shape index (κ3) is 4.98. The zero-order chi connectivity index (χ0) is 16.3. The molecule has 0 spiro atoms. The zero-order valence-corrected chi connectivity index (χ0v) is 15.0. The molecule has 1 aromatic rings. The molecule has 5 nitrogen and oxygen atoms in total. The quantitative estimate of drug-likeness (QED) is 0.846. The predicted molar refractivity (Wildman–Crippen MR) is 94.4 cm³/mol. The van der Waals surface area contributed by atoms with E-state index in [9.17, 15) is 9.59 Å². The highest BCUT2D eigenvalue weighted by Gasteiger charge is 2.26. The van der Waals surface area contributed by atoms with Gasteiger partial charge in [-0.1, -0.05) is 29.3 Å². The SMILES string of the molecule is CC(NC(=O)c1cccc(Cl)c1Cl)C(=O)N1CCC(N)CC1.Cl. The van der Waals surface area contributed by atoms with Crippen LogP contribution < -0.4 is 11.1 Å². The Hall–Kier alpha value is -1.01. The van der Waals surface area contributed by atoms with E-state index in [1.54, 1.807) is 30.0 Å². The number of nitrogens with two attached hydrogens (primary N) is 1. The highest BCUT2D eigenvalue weighted by Crippen LogP contribution is 2.25. The molecule has 0 radical (unpaired) electrons. The first-order valence-corrected chi connectivity index (χ1v) is 7.95. The van der Waals surface area contributed by atoms with E-state index in [1.807, 2.05) is 0 Å². The Morgan fingerprint density at radius 2 is 1.91 bits per heavy atom. The molecule has 0 aromatic heterocycles. The molecule has 0 aliphatic carbocycles. The van der Waals surface area contributed by atoms with E-state index in [2.05, 4.69) is 5.32 Å². The Balaban J connectivity index is 0.00000264. The third-order valence-electron chi connectivity index (χ3n) is 3.77. The lowest BCUT2D eigenvalue weighted by Gasteiger charge is -2.32. The normalized spacial score (nSPS) is 16.4. The summed E-state index contributed by atoms with van der Waals surface area (Å²) >= 11 is 11.9. The van der Waals surface area contributed by atoms with Crippen molar-refractivity contribution in [3.8, 4) is 0 Å². The smallest absolute Gasteiger partial charge is 0.253 e. The van der Waals surface area contributed by atoms with E-state index in [0.29, 0.717) is 18.1 Å². The maximum atomic E-state index is 12.3. The van der Waals surface area contributed by atoms with E-state index >= 15 is 0 Å². The first-order chi connectivity index (χ1) is 10.4. The Morgan fingerprint density at radius 3 is 2.52 bits per heavy atom. The number of halogens is 3. The van der Waals surface area contributed by atoms with Gasteiger partial charge in [-0.2, -0.15) is 0 Å². The molecular formula is C15H20Cl3N3O2. The van der Waals surface area contributed by atoms with Gasteiger partial charge in [-0.25, -0.2) is 0 Å². The Labute approximate surface area is 151 Å². The van der Waals surface area contributed by atoms with Crippen molar-refractivity contribution in [3.63, 3.8) is 0 Å². The molecule has 2 amide bonds. The second-order valence-electron chi connectivity index (χ2n) is 5.46. The van der Waals surface area contributed by atoms with Crippen LogP contribution in [0.25, 0.3) is 0 Å². The molecule has 1 fully saturated rings.